The van der Waals surface area contributed by atoms with Crippen LogP contribution in [0.5, 0.6) is 5.75 Å². The van der Waals surface area contributed by atoms with Crippen LogP contribution in [0.25, 0.3) is 0 Å². The average molecular weight is 222 g/mol. The molecule has 2 heterocycles. The lowest BCUT2D eigenvalue weighted by atomic mass is 9.87. The maximum atomic E-state index is 10.6. The molecule has 88 valence electrons. The predicted octanol–water partition coefficient (Wildman–Crippen LogP) is 1.00. The largest absolute Gasteiger partial charge is 0.495 e. The molecule has 0 amide bonds. The Morgan fingerprint density at radius 3 is 3.00 bits per heavy atom. The highest BCUT2D eigenvalue weighted by molar-refractivity contribution is 5.28. The second-order valence-corrected chi connectivity index (χ2v) is 4.49. The number of methoxy groups -OCH3 is 1. The highest BCUT2D eigenvalue weighted by Crippen LogP contribution is 2.31. The molecular weight excluding hydrogens is 204 g/mol. The Balaban J connectivity index is 2.27. The topological polar surface area (TPSA) is 45.6 Å². The molecule has 2 rings (SSSR count). The fourth-order valence-corrected chi connectivity index (χ4v) is 2.27. The van der Waals surface area contributed by atoms with Gasteiger partial charge in [0.1, 0.15) is 11.4 Å². The molecule has 0 bridgehead atoms. The van der Waals surface area contributed by atoms with E-state index in [1.165, 1.54) is 0 Å². The van der Waals surface area contributed by atoms with E-state index in [0.717, 1.165) is 24.9 Å². The maximum absolute atomic E-state index is 10.6. The van der Waals surface area contributed by atoms with Gasteiger partial charge in [0, 0.05) is 18.3 Å². The molecule has 1 atom stereocenters. The van der Waals surface area contributed by atoms with Gasteiger partial charge in [-0.1, -0.05) is 0 Å². The second-order valence-electron chi connectivity index (χ2n) is 4.49. The minimum atomic E-state index is -0.783. The number of hydrogen-bond donors (Lipinski definition) is 1. The van der Waals surface area contributed by atoms with Crippen molar-refractivity contribution >= 4 is 0 Å². The normalized spacial score (nSPS) is 26.7. The molecular formula is C12H18N2O2. The number of β-amino-alcohol motifs (C(OH)–C–C–N with tert-alkyl or cyclic N) is 1. The van der Waals surface area contributed by atoms with E-state index in [0.29, 0.717) is 12.3 Å². The van der Waals surface area contributed by atoms with E-state index in [4.69, 9.17) is 4.74 Å². The fraction of sp³-hybridized carbons (Fsp3) is 0.583. The molecule has 1 aliphatic rings. The van der Waals surface area contributed by atoms with Crippen molar-refractivity contribution < 1.29 is 9.84 Å². The van der Waals surface area contributed by atoms with Crippen molar-refractivity contribution in [3.8, 4) is 5.75 Å². The Morgan fingerprint density at radius 1 is 1.50 bits per heavy atom. The molecule has 16 heavy (non-hydrogen) atoms. The molecule has 0 radical (unpaired) electrons. The van der Waals surface area contributed by atoms with Crippen LogP contribution in [0.3, 0.4) is 0 Å². The molecule has 1 aromatic heterocycles. The molecule has 1 aromatic rings. The number of piperidine rings is 1. The van der Waals surface area contributed by atoms with Crippen molar-refractivity contribution in [2.45, 2.75) is 18.4 Å². The third-order valence-electron chi connectivity index (χ3n) is 3.15. The van der Waals surface area contributed by atoms with Crippen LogP contribution in [0.2, 0.25) is 0 Å². The molecule has 0 aromatic carbocycles. The molecule has 0 saturated carbocycles. The van der Waals surface area contributed by atoms with Crippen molar-refractivity contribution in [3.05, 3.63) is 24.0 Å². The number of likely N-dealkylation sites (tertiary alicyclic amines) is 1. The Bertz CT molecular complexity index is 370. The monoisotopic (exact) mass is 222 g/mol. The van der Waals surface area contributed by atoms with Gasteiger partial charge in [-0.15, -0.1) is 0 Å². The van der Waals surface area contributed by atoms with Gasteiger partial charge < -0.3 is 14.7 Å². The summed E-state index contributed by atoms with van der Waals surface area (Å²) in [7, 11) is 3.63. The molecule has 4 heteroatoms. The number of aliphatic hydroxyl groups is 1. The summed E-state index contributed by atoms with van der Waals surface area (Å²) in [5.74, 6) is 0.694. The summed E-state index contributed by atoms with van der Waals surface area (Å²) in [5, 5.41) is 10.6. The zero-order chi connectivity index (χ0) is 11.6. The number of hydrogen-bond acceptors (Lipinski definition) is 4. The van der Waals surface area contributed by atoms with Gasteiger partial charge in [0.05, 0.1) is 13.3 Å². The minimum Gasteiger partial charge on any atom is -0.495 e. The standard InChI is InChI=1S/C12H18N2O2/c1-14-5-3-4-12(15,9-14)10-6-11(16-2)8-13-7-10/h6-8,15H,3-5,9H2,1-2H3. The number of rotatable bonds is 2. The third kappa shape index (κ3) is 2.18. The highest BCUT2D eigenvalue weighted by atomic mass is 16.5. The predicted molar refractivity (Wildman–Crippen MR) is 61.4 cm³/mol. The average Bonchev–Trinajstić information content (AvgIpc) is 2.29. The molecule has 0 spiro atoms. The van der Waals surface area contributed by atoms with Crippen LogP contribution in [0.1, 0.15) is 18.4 Å². The van der Waals surface area contributed by atoms with E-state index in [2.05, 4.69) is 9.88 Å². The lowest BCUT2D eigenvalue weighted by molar-refractivity contribution is -0.0281. The van der Waals surface area contributed by atoms with Crippen molar-refractivity contribution in [2.24, 2.45) is 0 Å². The second kappa shape index (κ2) is 4.39. The smallest absolute Gasteiger partial charge is 0.137 e. The summed E-state index contributed by atoms with van der Waals surface area (Å²) >= 11 is 0. The first kappa shape index (κ1) is 11.4. The van der Waals surface area contributed by atoms with Gasteiger partial charge in [0.15, 0.2) is 0 Å². The van der Waals surface area contributed by atoms with Gasteiger partial charge in [0.25, 0.3) is 0 Å². The van der Waals surface area contributed by atoms with E-state index in [1.54, 1.807) is 19.5 Å². The fourth-order valence-electron chi connectivity index (χ4n) is 2.27. The van der Waals surface area contributed by atoms with E-state index < -0.39 is 5.60 Å². The minimum absolute atomic E-state index is 0.655. The van der Waals surface area contributed by atoms with Crippen LogP contribution in [0.15, 0.2) is 18.5 Å². The first-order chi connectivity index (χ1) is 7.64. The summed E-state index contributed by atoms with van der Waals surface area (Å²) in [6, 6.07) is 1.87. The lowest BCUT2D eigenvalue weighted by Gasteiger charge is -2.37. The summed E-state index contributed by atoms with van der Waals surface area (Å²) in [6.45, 7) is 1.70. The zero-order valence-electron chi connectivity index (χ0n) is 9.81. The number of aromatic nitrogens is 1. The van der Waals surface area contributed by atoms with E-state index in [1.807, 2.05) is 13.1 Å². The first-order valence-corrected chi connectivity index (χ1v) is 5.54. The lowest BCUT2D eigenvalue weighted by Crippen LogP contribution is -2.44. The number of nitrogens with zero attached hydrogens (tertiary/aromatic N) is 2. The van der Waals surface area contributed by atoms with Crippen LogP contribution in [0.4, 0.5) is 0 Å². The number of likely N-dealkylation sites (N-methyl/N-ethyl adjacent to an activating group) is 1. The summed E-state index contributed by atoms with van der Waals surface area (Å²) < 4.78 is 5.13. The summed E-state index contributed by atoms with van der Waals surface area (Å²) in [5.41, 5.74) is 0.0625. The van der Waals surface area contributed by atoms with Crippen LogP contribution >= 0.6 is 0 Å². The van der Waals surface area contributed by atoms with E-state index in [-0.39, 0.29) is 0 Å². The van der Waals surface area contributed by atoms with Gasteiger partial charge >= 0.3 is 0 Å². The Morgan fingerprint density at radius 2 is 2.31 bits per heavy atom. The molecule has 1 saturated heterocycles. The van der Waals surface area contributed by atoms with Crippen LogP contribution in [-0.2, 0) is 5.60 Å². The quantitative estimate of drug-likeness (QED) is 0.811. The zero-order valence-corrected chi connectivity index (χ0v) is 9.81. The SMILES string of the molecule is COc1cncc(C2(O)CCCN(C)C2)c1. The number of pyridine rings is 1. The molecule has 1 N–H and O–H groups in total. The Labute approximate surface area is 95.9 Å². The Hall–Kier alpha value is -1.13. The molecule has 0 aliphatic carbocycles. The van der Waals surface area contributed by atoms with Gasteiger partial charge in [-0.05, 0) is 32.5 Å². The van der Waals surface area contributed by atoms with Crippen LogP contribution in [-0.4, -0.2) is 42.2 Å². The van der Waals surface area contributed by atoms with Crippen molar-refractivity contribution in [2.75, 3.05) is 27.2 Å². The van der Waals surface area contributed by atoms with E-state index in [9.17, 15) is 5.11 Å². The Kier molecular flexibility index (Phi) is 3.12. The highest BCUT2D eigenvalue weighted by Gasteiger charge is 2.34. The summed E-state index contributed by atoms with van der Waals surface area (Å²) in [4.78, 5) is 6.24. The third-order valence-corrected chi connectivity index (χ3v) is 3.15. The van der Waals surface area contributed by atoms with Gasteiger partial charge in [-0.25, -0.2) is 0 Å². The van der Waals surface area contributed by atoms with Crippen LogP contribution < -0.4 is 4.74 Å². The van der Waals surface area contributed by atoms with Crippen molar-refractivity contribution in [3.63, 3.8) is 0 Å². The van der Waals surface area contributed by atoms with Gasteiger partial charge in [0.2, 0.25) is 0 Å². The van der Waals surface area contributed by atoms with Gasteiger partial charge in [-0.3, -0.25) is 4.98 Å². The van der Waals surface area contributed by atoms with Crippen molar-refractivity contribution in [1.82, 2.24) is 9.88 Å². The van der Waals surface area contributed by atoms with Gasteiger partial charge in [-0.2, -0.15) is 0 Å². The molecule has 1 unspecified atom stereocenters. The molecule has 1 fully saturated rings. The molecule has 4 nitrogen and oxygen atoms in total. The maximum Gasteiger partial charge on any atom is 0.137 e. The first-order valence-electron chi connectivity index (χ1n) is 5.54. The molecule has 1 aliphatic heterocycles. The van der Waals surface area contributed by atoms with E-state index >= 15 is 0 Å². The van der Waals surface area contributed by atoms with Crippen molar-refractivity contribution in [1.29, 1.82) is 0 Å². The van der Waals surface area contributed by atoms with Crippen LogP contribution in [0, 0.1) is 0 Å². The number of ether oxygens (including phenoxy) is 1. The summed E-state index contributed by atoms with van der Waals surface area (Å²) in [6.07, 6.45) is 5.16.